The number of hydrogen-bond acceptors (Lipinski definition) is 5. The minimum atomic E-state index is -0.120. The van der Waals surface area contributed by atoms with Crippen molar-refractivity contribution in [1.82, 2.24) is 14.9 Å². The Labute approximate surface area is 193 Å². The predicted octanol–water partition coefficient (Wildman–Crippen LogP) is 5.49. The van der Waals surface area contributed by atoms with Gasteiger partial charge in [-0.2, -0.15) is 0 Å². The first-order chi connectivity index (χ1) is 15.1. The third-order valence-corrected chi connectivity index (χ3v) is 6.70. The molecule has 0 saturated carbocycles. The average molecular weight is 468 g/mol. The van der Waals surface area contributed by atoms with Crippen LogP contribution >= 0.6 is 34.7 Å². The summed E-state index contributed by atoms with van der Waals surface area (Å²) in [6.07, 6.45) is 3.51. The number of hydrogen-bond donors (Lipinski definition) is 1. The Bertz CT molecular complexity index is 1190. The Kier molecular flexibility index (Phi) is 6.86. The zero-order chi connectivity index (χ0) is 21.6. The molecule has 2 aromatic carbocycles. The highest BCUT2D eigenvalue weighted by Gasteiger charge is 2.13. The number of carbonyl (C=O) groups excluding carboxylic acids is 2. The molecule has 0 bridgehead atoms. The van der Waals surface area contributed by atoms with E-state index in [2.05, 4.69) is 10.3 Å². The standard InChI is InChI=1S/C23H18ClN3O2S2/c24-20-6-2-1-5-19(20)21(28)15-31-23-25-11-12-27(23)17-9-7-16(8-10-17)22(29)26-14-18-4-3-13-30-18/h1-13H,14-15H2,(H,26,29). The lowest BCUT2D eigenvalue weighted by Crippen LogP contribution is -2.22. The van der Waals surface area contributed by atoms with E-state index in [0.29, 0.717) is 27.9 Å². The lowest BCUT2D eigenvalue weighted by Gasteiger charge is -2.09. The van der Waals surface area contributed by atoms with Crippen molar-refractivity contribution >= 4 is 46.4 Å². The smallest absolute Gasteiger partial charge is 0.251 e. The van der Waals surface area contributed by atoms with E-state index < -0.39 is 0 Å². The van der Waals surface area contributed by atoms with Gasteiger partial charge in [0.15, 0.2) is 10.9 Å². The van der Waals surface area contributed by atoms with Crippen molar-refractivity contribution in [3.05, 3.63) is 99.5 Å². The molecule has 0 aliphatic carbocycles. The van der Waals surface area contributed by atoms with Crippen molar-refractivity contribution in [3.8, 4) is 5.69 Å². The molecule has 1 amide bonds. The Morgan fingerprint density at radius 2 is 1.87 bits per heavy atom. The van der Waals surface area contributed by atoms with Gasteiger partial charge in [0.1, 0.15) is 0 Å². The van der Waals surface area contributed by atoms with Gasteiger partial charge in [-0.3, -0.25) is 14.2 Å². The lowest BCUT2D eigenvalue weighted by molar-refractivity contribution is 0.0950. The van der Waals surface area contributed by atoms with Crippen LogP contribution in [-0.4, -0.2) is 27.0 Å². The van der Waals surface area contributed by atoms with E-state index in [1.807, 2.05) is 40.4 Å². The summed E-state index contributed by atoms with van der Waals surface area (Å²) >= 11 is 9.07. The Morgan fingerprint density at radius 1 is 1.06 bits per heavy atom. The molecule has 0 atom stereocenters. The monoisotopic (exact) mass is 467 g/mol. The molecule has 1 N–H and O–H groups in total. The number of aromatic nitrogens is 2. The number of nitrogens with zero attached hydrogens (tertiary/aromatic N) is 2. The van der Waals surface area contributed by atoms with Crippen molar-refractivity contribution in [2.75, 3.05) is 5.75 Å². The summed E-state index contributed by atoms with van der Waals surface area (Å²) in [5.41, 5.74) is 1.95. The van der Waals surface area contributed by atoms with Gasteiger partial charge in [-0.25, -0.2) is 4.98 Å². The number of thiophene rings is 1. The van der Waals surface area contributed by atoms with Crippen LogP contribution in [0.25, 0.3) is 5.69 Å². The van der Waals surface area contributed by atoms with Crippen molar-refractivity contribution in [3.63, 3.8) is 0 Å². The van der Waals surface area contributed by atoms with E-state index >= 15 is 0 Å². The quantitative estimate of drug-likeness (QED) is 0.275. The molecule has 0 aliphatic heterocycles. The summed E-state index contributed by atoms with van der Waals surface area (Å²) in [6, 6.07) is 18.3. The number of thioether (sulfide) groups is 1. The van der Waals surface area contributed by atoms with Gasteiger partial charge in [0, 0.05) is 34.1 Å². The van der Waals surface area contributed by atoms with Crippen molar-refractivity contribution in [2.24, 2.45) is 0 Å². The number of rotatable bonds is 8. The summed E-state index contributed by atoms with van der Waals surface area (Å²) < 4.78 is 1.89. The first kappa shape index (κ1) is 21.4. The zero-order valence-corrected chi connectivity index (χ0v) is 18.7. The minimum absolute atomic E-state index is 0.0529. The number of carbonyl (C=O) groups is 2. The van der Waals surface area contributed by atoms with Crippen LogP contribution in [-0.2, 0) is 6.54 Å². The highest BCUT2D eigenvalue weighted by Crippen LogP contribution is 2.24. The van der Waals surface area contributed by atoms with E-state index in [9.17, 15) is 9.59 Å². The number of ketones is 1. The molecule has 0 unspecified atom stereocenters. The van der Waals surface area contributed by atoms with Crippen LogP contribution in [0, 0.1) is 0 Å². The predicted molar refractivity (Wildman–Crippen MR) is 126 cm³/mol. The van der Waals surface area contributed by atoms with Gasteiger partial charge in [-0.1, -0.05) is 41.6 Å². The number of nitrogens with one attached hydrogen (secondary N) is 1. The van der Waals surface area contributed by atoms with E-state index in [1.165, 1.54) is 11.8 Å². The third kappa shape index (κ3) is 5.25. The molecule has 156 valence electrons. The number of imidazole rings is 1. The fourth-order valence-electron chi connectivity index (χ4n) is 2.94. The number of benzene rings is 2. The molecule has 0 saturated heterocycles. The molecule has 4 aromatic rings. The SMILES string of the molecule is O=C(NCc1cccs1)c1ccc(-n2ccnc2SCC(=O)c2ccccc2Cl)cc1. The van der Waals surface area contributed by atoms with Crippen LogP contribution in [0.5, 0.6) is 0 Å². The zero-order valence-electron chi connectivity index (χ0n) is 16.3. The van der Waals surface area contributed by atoms with Crippen molar-refractivity contribution in [1.29, 1.82) is 0 Å². The molecule has 2 heterocycles. The fourth-order valence-corrected chi connectivity index (χ4v) is 4.69. The van der Waals surface area contributed by atoms with Gasteiger partial charge >= 0.3 is 0 Å². The summed E-state index contributed by atoms with van der Waals surface area (Å²) in [7, 11) is 0. The normalized spacial score (nSPS) is 10.7. The summed E-state index contributed by atoms with van der Waals surface area (Å²) in [4.78, 5) is 30.3. The lowest BCUT2D eigenvalue weighted by atomic mass is 10.1. The van der Waals surface area contributed by atoms with E-state index in [0.717, 1.165) is 10.6 Å². The molecule has 0 radical (unpaired) electrons. The van der Waals surface area contributed by atoms with Crippen LogP contribution < -0.4 is 5.32 Å². The van der Waals surface area contributed by atoms with Crippen LogP contribution in [0.4, 0.5) is 0 Å². The van der Waals surface area contributed by atoms with E-state index in [-0.39, 0.29) is 17.4 Å². The Hall–Kier alpha value is -2.87. The molecule has 0 aliphatic rings. The number of Topliss-reactive ketones (excluding diaryl/α,β-unsaturated/α-hetero) is 1. The van der Waals surface area contributed by atoms with Crippen LogP contribution in [0.1, 0.15) is 25.6 Å². The molecule has 5 nitrogen and oxygen atoms in total. The second-order valence-corrected chi connectivity index (χ2v) is 8.96. The number of halogens is 1. The molecule has 8 heteroatoms. The van der Waals surface area contributed by atoms with Gasteiger partial charge < -0.3 is 5.32 Å². The summed E-state index contributed by atoms with van der Waals surface area (Å²) in [5, 5.41) is 6.04. The van der Waals surface area contributed by atoms with Crippen LogP contribution in [0.15, 0.2) is 83.6 Å². The summed E-state index contributed by atoms with van der Waals surface area (Å²) in [5.74, 6) is 0.0534. The van der Waals surface area contributed by atoms with E-state index in [1.54, 1.807) is 53.9 Å². The van der Waals surface area contributed by atoms with Crippen LogP contribution in [0.2, 0.25) is 5.02 Å². The van der Waals surface area contributed by atoms with E-state index in [4.69, 9.17) is 11.6 Å². The van der Waals surface area contributed by atoms with Gasteiger partial charge in [0.2, 0.25) is 0 Å². The molecular formula is C23H18ClN3O2S2. The second-order valence-electron chi connectivity index (χ2n) is 6.58. The molecule has 2 aromatic heterocycles. The first-order valence-electron chi connectivity index (χ1n) is 9.47. The highest BCUT2D eigenvalue weighted by atomic mass is 35.5. The number of amides is 1. The second kappa shape index (κ2) is 9.96. The maximum Gasteiger partial charge on any atom is 0.251 e. The topological polar surface area (TPSA) is 64.0 Å². The fraction of sp³-hybridized carbons (Fsp3) is 0.0870. The van der Waals surface area contributed by atoms with Crippen LogP contribution in [0.3, 0.4) is 0 Å². The molecular weight excluding hydrogens is 450 g/mol. The Morgan fingerprint density at radius 3 is 2.61 bits per heavy atom. The molecule has 4 rings (SSSR count). The molecule has 31 heavy (non-hydrogen) atoms. The maximum atomic E-state index is 12.5. The molecule has 0 spiro atoms. The minimum Gasteiger partial charge on any atom is -0.347 e. The third-order valence-electron chi connectivity index (χ3n) is 4.52. The van der Waals surface area contributed by atoms with Gasteiger partial charge in [0.25, 0.3) is 5.91 Å². The van der Waals surface area contributed by atoms with Gasteiger partial charge in [-0.05, 0) is 47.8 Å². The Balaban J connectivity index is 1.40. The van der Waals surface area contributed by atoms with Crippen molar-refractivity contribution < 1.29 is 9.59 Å². The first-order valence-corrected chi connectivity index (χ1v) is 11.7. The molecule has 0 fully saturated rings. The average Bonchev–Trinajstić information content (AvgIpc) is 3.48. The van der Waals surface area contributed by atoms with Gasteiger partial charge in [-0.15, -0.1) is 11.3 Å². The summed E-state index contributed by atoms with van der Waals surface area (Å²) in [6.45, 7) is 0.514. The largest absolute Gasteiger partial charge is 0.347 e. The highest BCUT2D eigenvalue weighted by molar-refractivity contribution is 7.99. The van der Waals surface area contributed by atoms with Crippen molar-refractivity contribution in [2.45, 2.75) is 11.7 Å². The maximum absolute atomic E-state index is 12.5. The van der Waals surface area contributed by atoms with Gasteiger partial charge in [0.05, 0.1) is 17.3 Å².